The van der Waals surface area contributed by atoms with Crippen molar-refractivity contribution in [3.63, 3.8) is 0 Å². The molecule has 1 aromatic rings. The van der Waals surface area contributed by atoms with Gasteiger partial charge >= 0.3 is 0 Å². The molecule has 1 N–H and O–H groups in total. The first-order valence-electron chi connectivity index (χ1n) is 5.81. The summed E-state index contributed by atoms with van der Waals surface area (Å²) in [6.45, 7) is 1.54. The molecule has 0 atom stereocenters. The van der Waals surface area contributed by atoms with Crippen molar-refractivity contribution in [3.8, 4) is 6.07 Å². The predicted octanol–water partition coefficient (Wildman–Crippen LogP) is 1.14. The molecule has 9 heteroatoms. The van der Waals surface area contributed by atoms with Crippen LogP contribution in [0, 0.1) is 11.3 Å². The van der Waals surface area contributed by atoms with E-state index in [2.05, 4.69) is 28.0 Å². The maximum absolute atomic E-state index is 11.9. The Morgan fingerprint density at radius 3 is 2.67 bits per heavy atom. The number of nitrogens with zero attached hydrogens (tertiary/aromatic N) is 4. The molecule has 0 saturated heterocycles. The van der Waals surface area contributed by atoms with Gasteiger partial charge < -0.3 is 0 Å². The summed E-state index contributed by atoms with van der Waals surface area (Å²) in [7, 11) is 0. The fourth-order valence-electron chi connectivity index (χ4n) is 1.69. The van der Waals surface area contributed by atoms with Crippen LogP contribution in [0.4, 0.5) is 5.82 Å². The first-order valence-corrected chi connectivity index (χ1v) is 7.66. The summed E-state index contributed by atoms with van der Waals surface area (Å²) in [6, 6.07) is 1.97. The first kappa shape index (κ1) is 15.3. The molecule has 1 aromatic heterocycles. The van der Waals surface area contributed by atoms with Crippen LogP contribution >= 0.6 is 24.4 Å². The quantitative estimate of drug-likeness (QED) is 0.371. The van der Waals surface area contributed by atoms with Crippen molar-refractivity contribution in [1.29, 1.82) is 5.26 Å². The summed E-state index contributed by atoms with van der Waals surface area (Å²) in [5.41, 5.74) is 3.52. The van der Waals surface area contributed by atoms with E-state index < -0.39 is 11.8 Å². The van der Waals surface area contributed by atoms with E-state index in [9.17, 15) is 14.9 Å². The molecule has 0 radical (unpaired) electrons. The molecule has 0 spiro atoms. The zero-order valence-corrected chi connectivity index (χ0v) is 13.0. The van der Waals surface area contributed by atoms with E-state index in [1.165, 1.54) is 17.8 Å². The first-order chi connectivity index (χ1) is 10.0. The Morgan fingerprint density at radius 2 is 2.19 bits per heavy atom. The van der Waals surface area contributed by atoms with E-state index in [0.29, 0.717) is 16.4 Å². The molecule has 0 saturated carbocycles. The van der Waals surface area contributed by atoms with Crippen LogP contribution in [0.1, 0.15) is 18.2 Å². The Bertz CT molecular complexity index is 696. The molecule has 1 aliphatic rings. The maximum Gasteiger partial charge on any atom is 0.275 e. The van der Waals surface area contributed by atoms with Gasteiger partial charge in [-0.2, -0.15) is 22.9 Å². The van der Waals surface area contributed by atoms with Crippen LogP contribution in [0.2, 0.25) is 0 Å². The lowest BCUT2D eigenvalue weighted by molar-refractivity contribution is -0.135. The van der Waals surface area contributed by atoms with Gasteiger partial charge in [-0.1, -0.05) is 11.8 Å². The Kier molecular flexibility index (Phi) is 4.50. The van der Waals surface area contributed by atoms with Gasteiger partial charge in [0.25, 0.3) is 11.8 Å². The number of carbonyl (C=O) groups is 2. The molecule has 0 fully saturated rings. The SMILES string of the molecule is CSc1nc(CS)c(C#N)c(NN2C(=O)C=C(C)C2=O)n1. The normalized spacial score (nSPS) is 14.2. The molecule has 7 nitrogen and oxygen atoms in total. The number of nitrogens with one attached hydrogen (secondary N) is 1. The standard InChI is InChI=1S/C12H11N5O2S2/c1-6-3-9(18)17(11(6)19)16-10-7(4-13)8(5-20)14-12(15-10)21-2/h3,20H,5H2,1-2H3,(H,14,15,16). The summed E-state index contributed by atoms with van der Waals surface area (Å²) in [5, 5.41) is 10.5. The molecule has 2 amide bonds. The highest BCUT2D eigenvalue weighted by molar-refractivity contribution is 7.98. The predicted molar refractivity (Wildman–Crippen MR) is 80.5 cm³/mol. The van der Waals surface area contributed by atoms with Crippen LogP contribution in [-0.4, -0.2) is 33.0 Å². The van der Waals surface area contributed by atoms with Crippen LogP contribution in [-0.2, 0) is 15.3 Å². The van der Waals surface area contributed by atoms with Gasteiger partial charge in [0.05, 0.1) is 5.69 Å². The van der Waals surface area contributed by atoms with Crippen LogP contribution in [0.25, 0.3) is 0 Å². The van der Waals surface area contributed by atoms with Crippen molar-refractivity contribution >= 4 is 42.0 Å². The second-order valence-electron chi connectivity index (χ2n) is 4.07. The van der Waals surface area contributed by atoms with Crippen molar-refractivity contribution in [3.05, 3.63) is 22.9 Å². The van der Waals surface area contributed by atoms with E-state index in [1.807, 2.05) is 6.07 Å². The molecule has 0 aliphatic carbocycles. The number of rotatable bonds is 4. The smallest absolute Gasteiger partial charge is 0.270 e. The van der Waals surface area contributed by atoms with Gasteiger partial charge in [0, 0.05) is 17.4 Å². The lowest BCUT2D eigenvalue weighted by Gasteiger charge is -2.18. The highest BCUT2D eigenvalue weighted by Gasteiger charge is 2.30. The number of thioether (sulfide) groups is 1. The van der Waals surface area contributed by atoms with Crippen LogP contribution < -0.4 is 5.43 Å². The number of aromatic nitrogens is 2. The van der Waals surface area contributed by atoms with Gasteiger partial charge in [-0.05, 0) is 13.2 Å². The fraction of sp³-hybridized carbons (Fsp3) is 0.250. The molecule has 0 unspecified atom stereocenters. The summed E-state index contributed by atoms with van der Waals surface area (Å²) >= 11 is 5.41. The molecule has 1 aliphatic heterocycles. The number of amides is 2. The maximum atomic E-state index is 11.9. The number of hydrogen-bond donors (Lipinski definition) is 2. The minimum Gasteiger partial charge on any atom is -0.270 e. The lowest BCUT2D eigenvalue weighted by atomic mass is 10.2. The van der Waals surface area contributed by atoms with E-state index in [4.69, 9.17) is 0 Å². The van der Waals surface area contributed by atoms with Crippen molar-refractivity contribution in [2.75, 3.05) is 11.7 Å². The number of thiol groups is 1. The van der Waals surface area contributed by atoms with Gasteiger partial charge in [0.15, 0.2) is 11.0 Å². The average Bonchev–Trinajstić information content (AvgIpc) is 2.72. The highest BCUT2D eigenvalue weighted by Crippen LogP contribution is 2.23. The third-order valence-electron chi connectivity index (χ3n) is 2.73. The Labute approximate surface area is 130 Å². The van der Waals surface area contributed by atoms with Crippen LogP contribution in [0.15, 0.2) is 16.8 Å². The zero-order chi connectivity index (χ0) is 15.6. The monoisotopic (exact) mass is 321 g/mol. The fourth-order valence-corrected chi connectivity index (χ4v) is 2.30. The number of nitriles is 1. The van der Waals surface area contributed by atoms with E-state index in [1.54, 1.807) is 13.2 Å². The Hall–Kier alpha value is -2.05. The van der Waals surface area contributed by atoms with Gasteiger partial charge in [-0.3, -0.25) is 15.0 Å². The minimum absolute atomic E-state index is 0.116. The molecular weight excluding hydrogens is 310 g/mol. The van der Waals surface area contributed by atoms with E-state index >= 15 is 0 Å². The van der Waals surface area contributed by atoms with Crippen LogP contribution in [0.3, 0.4) is 0 Å². The molecule has 2 rings (SSSR count). The van der Waals surface area contributed by atoms with Crippen molar-refractivity contribution in [2.45, 2.75) is 17.8 Å². The van der Waals surface area contributed by atoms with Crippen molar-refractivity contribution in [1.82, 2.24) is 15.0 Å². The third kappa shape index (κ3) is 2.86. The topological polar surface area (TPSA) is 99.0 Å². The molecule has 21 heavy (non-hydrogen) atoms. The average molecular weight is 321 g/mol. The minimum atomic E-state index is -0.502. The zero-order valence-electron chi connectivity index (χ0n) is 11.2. The van der Waals surface area contributed by atoms with Crippen molar-refractivity contribution in [2.24, 2.45) is 0 Å². The second-order valence-corrected chi connectivity index (χ2v) is 5.16. The lowest BCUT2D eigenvalue weighted by Crippen LogP contribution is -2.37. The van der Waals surface area contributed by atoms with Crippen molar-refractivity contribution < 1.29 is 9.59 Å². The summed E-state index contributed by atoms with van der Waals surface area (Å²) in [4.78, 5) is 31.9. The number of hydrazine groups is 1. The van der Waals surface area contributed by atoms with Gasteiger partial charge in [-0.15, -0.1) is 0 Å². The molecule has 0 aromatic carbocycles. The van der Waals surface area contributed by atoms with Gasteiger partial charge in [0.2, 0.25) is 0 Å². The summed E-state index contributed by atoms with van der Waals surface area (Å²) < 4.78 is 0. The molecule has 0 bridgehead atoms. The number of imide groups is 1. The molecular formula is C12H11N5O2S2. The molecule has 2 heterocycles. The largest absolute Gasteiger partial charge is 0.275 e. The van der Waals surface area contributed by atoms with E-state index in [0.717, 1.165) is 5.01 Å². The Balaban J connectivity index is 2.43. The second kappa shape index (κ2) is 6.15. The summed E-state index contributed by atoms with van der Waals surface area (Å²) in [5.74, 6) is -0.614. The van der Waals surface area contributed by atoms with Gasteiger partial charge in [-0.25, -0.2) is 9.97 Å². The third-order valence-corrected chi connectivity index (χ3v) is 3.57. The van der Waals surface area contributed by atoms with Gasteiger partial charge in [0.1, 0.15) is 11.6 Å². The number of carbonyl (C=O) groups excluding carboxylic acids is 2. The number of hydrogen-bond acceptors (Lipinski definition) is 8. The number of anilines is 1. The van der Waals surface area contributed by atoms with Crippen LogP contribution in [0.5, 0.6) is 0 Å². The van der Waals surface area contributed by atoms with E-state index in [-0.39, 0.29) is 17.1 Å². The Morgan fingerprint density at radius 1 is 1.48 bits per heavy atom. The molecule has 108 valence electrons. The highest BCUT2D eigenvalue weighted by atomic mass is 32.2. The summed E-state index contributed by atoms with van der Waals surface area (Å²) in [6.07, 6.45) is 3.00.